The number of fused-ring (bicyclic) bond motifs is 3. The van der Waals surface area contributed by atoms with Crippen LogP contribution in [-0.4, -0.2) is 29.4 Å². The SMILES string of the molecule is COc1cc2c(cc1OCC1(C#N)CCC1)OC(C(C)C)c1cc(C(=O)O)c(=O)n(C3CC3)c1-2. The predicted molar refractivity (Wildman–Crippen MR) is 124 cm³/mol. The fourth-order valence-corrected chi connectivity index (χ4v) is 4.89. The average Bonchev–Trinajstić information content (AvgIpc) is 3.61. The number of pyridine rings is 1. The molecular formula is C26H28N2O6. The van der Waals surface area contributed by atoms with Crippen LogP contribution in [0, 0.1) is 22.7 Å². The number of carbonyl (C=O) groups is 1. The molecule has 1 aliphatic heterocycles. The summed E-state index contributed by atoms with van der Waals surface area (Å²) < 4.78 is 19.7. The third-order valence-corrected chi connectivity index (χ3v) is 7.14. The molecule has 8 heteroatoms. The van der Waals surface area contributed by atoms with Gasteiger partial charge in [0.1, 0.15) is 24.0 Å². The minimum Gasteiger partial charge on any atom is -0.493 e. The molecule has 2 heterocycles. The van der Waals surface area contributed by atoms with Crippen LogP contribution >= 0.6 is 0 Å². The Labute approximate surface area is 197 Å². The molecule has 2 aliphatic carbocycles. The van der Waals surface area contributed by atoms with E-state index >= 15 is 0 Å². The van der Waals surface area contributed by atoms with E-state index in [1.807, 2.05) is 13.8 Å². The summed E-state index contributed by atoms with van der Waals surface area (Å²) in [7, 11) is 1.54. The lowest BCUT2D eigenvalue weighted by molar-refractivity contribution is 0.0693. The van der Waals surface area contributed by atoms with Crippen LogP contribution in [0.3, 0.4) is 0 Å². The molecule has 1 aromatic heterocycles. The molecule has 8 nitrogen and oxygen atoms in total. The van der Waals surface area contributed by atoms with Crippen molar-refractivity contribution in [1.82, 2.24) is 4.57 Å². The van der Waals surface area contributed by atoms with Crippen molar-refractivity contribution in [2.24, 2.45) is 11.3 Å². The van der Waals surface area contributed by atoms with Crippen molar-refractivity contribution in [3.63, 3.8) is 0 Å². The van der Waals surface area contributed by atoms with Crippen LogP contribution < -0.4 is 19.8 Å². The maximum Gasteiger partial charge on any atom is 0.341 e. The van der Waals surface area contributed by atoms with Crippen molar-refractivity contribution in [3.05, 3.63) is 39.7 Å². The van der Waals surface area contributed by atoms with E-state index in [4.69, 9.17) is 14.2 Å². The van der Waals surface area contributed by atoms with Gasteiger partial charge in [-0.2, -0.15) is 5.26 Å². The summed E-state index contributed by atoms with van der Waals surface area (Å²) in [5, 5.41) is 19.2. The van der Waals surface area contributed by atoms with Crippen LogP contribution in [-0.2, 0) is 0 Å². The predicted octanol–water partition coefficient (Wildman–Crippen LogP) is 4.72. The van der Waals surface area contributed by atoms with E-state index in [0.717, 1.165) is 32.1 Å². The number of methoxy groups -OCH3 is 1. The Hall–Kier alpha value is -3.47. The first-order valence-corrected chi connectivity index (χ1v) is 11.7. The quantitative estimate of drug-likeness (QED) is 0.631. The van der Waals surface area contributed by atoms with E-state index < -0.39 is 23.0 Å². The molecule has 1 N–H and O–H groups in total. The Bertz CT molecular complexity index is 1260. The third-order valence-electron chi connectivity index (χ3n) is 7.14. The van der Waals surface area contributed by atoms with Crippen molar-refractivity contribution in [2.45, 2.75) is 58.1 Å². The summed E-state index contributed by atoms with van der Waals surface area (Å²) in [4.78, 5) is 25.1. The first-order chi connectivity index (χ1) is 16.3. The smallest absolute Gasteiger partial charge is 0.341 e. The number of aromatic nitrogens is 1. The summed E-state index contributed by atoms with van der Waals surface area (Å²) in [6.07, 6.45) is 3.87. The molecule has 0 amide bonds. The molecule has 1 unspecified atom stereocenters. The highest BCUT2D eigenvalue weighted by atomic mass is 16.5. The summed E-state index contributed by atoms with van der Waals surface area (Å²) >= 11 is 0. The molecule has 34 heavy (non-hydrogen) atoms. The zero-order valence-corrected chi connectivity index (χ0v) is 19.6. The van der Waals surface area contributed by atoms with Crippen molar-refractivity contribution >= 4 is 5.97 Å². The lowest BCUT2D eigenvalue weighted by Gasteiger charge is -2.35. The molecule has 2 aromatic rings. The van der Waals surface area contributed by atoms with Gasteiger partial charge in [-0.25, -0.2) is 4.79 Å². The maximum atomic E-state index is 13.2. The molecule has 0 spiro atoms. The van der Waals surface area contributed by atoms with Gasteiger partial charge in [0.05, 0.1) is 24.3 Å². The van der Waals surface area contributed by atoms with Gasteiger partial charge in [0.25, 0.3) is 5.56 Å². The zero-order chi connectivity index (χ0) is 24.2. The van der Waals surface area contributed by atoms with Crippen LogP contribution in [0.2, 0.25) is 0 Å². The highest BCUT2D eigenvalue weighted by Crippen LogP contribution is 2.51. The molecule has 2 fully saturated rings. The molecule has 2 saturated carbocycles. The van der Waals surface area contributed by atoms with Gasteiger partial charge in [0.2, 0.25) is 0 Å². The van der Waals surface area contributed by atoms with Gasteiger partial charge in [0.15, 0.2) is 11.5 Å². The summed E-state index contributed by atoms with van der Waals surface area (Å²) in [6.45, 7) is 4.28. The minimum absolute atomic E-state index is 0.0296. The molecule has 178 valence electrons. The Morgan fingerprint density at radius 3 is 2.56 bits per heavy atom. The lowest BCUT2D eigenvalue weighted by Crippen LogP contribution is -2.34. The topological polar surface area (TPSA) is 111 Å². The van der Waals surface area contributed by atoms with E-state index in [2.05, 4.69) is 6.07 Å². The normalized spacial score (nSPS) is 19.8. The molecule has 1 atom stereocenters. The number of hydrogen-bond donors (Lipinski definition) is 1. The summed E-state index contributed by atoms with van der Waals surface area (Å²) in [5.41, 5.74) is 0.863. The molecule has 0 bridgehead atoms. The first kappa shape index (κ1) is 22.3. The number of rotatable bonds is 7. The summed E-state index contributed by atoms with van der Waals surface area (Å²) in [6, 6.07) is 7.38. The van der Waals surface area contributed by atoms with E-state index in [9.17, 15) is 20.0 Å². The van der Waals surface area contributed by atoms with Crippen LogP contribution in [0.4, 0.5) is 0 Å². The molecule has 5 rings (SSSR count). The van der Waals surface area contributed by atoms with Crippen molar-refractivity contribution in [3.8, 4) is 34.6 Å². The Balaban J connectivity index is 1.67. The van der Waals surface area contributed by atoms with E-state index in [0.29, 0.717) is 34.1 Å². The van der Waals surface area contributed by atoms with Crippen LogP contribution in [0.1, 0.15) is 74.0 Å². The number of nitrogens with zero attached hydrogens (tertiary/aromatic N) is 2. The van der Waals surface area contributed by atoms with Gasteiger partial charge >= 0.3 is 5.97 Å². The second-order valence-electron chi connectivity index (χ2n) is 9.89. The highest BCUT2D eigenvalue weighted by molar-refractivity contribution is 5.89. The molecule has 1 aromatic carbocycles. The highest BCUT2D eigenvalue weighted by Gasteiger charge is 2.40. The summed E-state index contributed by atoms with van der Waals surface area (Å²) in [5.74, 6) is 0.303. The molecule has 0 saturated heterocycles. The fraction of sp³-hybridized carbons (Fsp3) is 0.500. The van der Waals surface area contributed by atoms with E-state index in [1.165, 1.54) is 6.07 Å². The van der Waals surface area contributed by atoms with Gasteiger partial charge in [-0.05, 0) is 43.7 Å². The number of aromatic carboxylic acids is 1. The number of benzene rings is 1. The van der Waals surface area contributed by atoms with Gasteiger partial charge in [-0.3, -0.25) is 4.79 Å². The fourth-order valence-electron chi connectivity index (χ4n) is 4.89. The monoisotopic (exact) mass is 464 g/mol. The van der Waals surface area contributed by atoms with Crippen molar-refractivity contribution in [2.75, 3.05) is 13.7 Å². The second kappa shape index (κ2) is 8.08. The van der Waals surface area contributed by atoms with Crippen LogP contribution in [0.15, 0.2) is 23.0 Å². The number of carboxylic acid groups (broad SMARTS) is 1. The number of carboxylic acids is 1. The van der Waals surface area contributed by atoms with E-state index in [-0.39, 0.29) is 24.1 Å². The van der Waals surface area contributed by atoms with Crippen molar-refractivity contribution < 1.29 is 24.1 Å². The molecular weight excluding hydrogens is 436 g/mol. The zero-order valence-electron chi connectivity index (χ0n) is 19.6. The Morgan fingerprint density at radius 1 is 1.29 bits per heavy atom. The van der Waals surface area contributed by atoms with Crippen LogP contribution in [0.25, 0.3) is 11.3 Å². The minimum atomic E-state index is -1.24. The third kappa shape index (κ3) is 3.51. The van der Waals surface area contributed by atoms with Gasteiger partial charge in [-0.1, -0.05) is 20.3 Å². The maximum absolute atomic E-state index is 13.2. The molecule has 3 aliphatic rings. The van der Waals surface area contributed by atoms with Crippen molar-refractivity contribution in [1.29, 1.82) is 5.26 Å². The Morgan fingerprint density at radius 2 is 2.03 bits per heavy atom. The molecule has 0 radical (unpaired) electrons. The van der Waals surface area contributed by atoms with Gasteiger partial charge in [-0.15, -0.1) is 0 Å². The van der Waals surface area contributed by atoms with Gasteiger partial charge in [0, 0.05) is 23.2 Å². The van der Waals surface area contributed by atoms with Crippen LogP contribution in [0.5, 0.6) is 17.2 Å². The largest absolute Gasteiger partial charge is 0.493 e. The number of ether oxygens (including phenoxy) is 3. The lowest BCUT2D eigenvalue weighted by atomic mass is 9.71. The van der Waals surface area contributed by atoms with E-state index in [1.54, 1.807) is 23.8 Å². The number of nitriles is 1. The van der Waals surface area contributed by atoms with Gasteiger partial charge < -0.3 is 23.9 Å². The standard InChI is InChI=1S/C26H28N2O6/c1-14(2)23-17-9-18(25(30)31)24(29)28(15-5-6-15)22(17)16-10-20(32-3)21(11-19(16)34-23)33-13-26(12-27)7-4-8-26/h9-11,14-15,23H,4-8,13H2,1-3H3,(H,30,31). The Kier molecular flexibility index (Phi) is 5.31. The second-order valence-corrected chi connectivity index (χ2v) is 9.89. The number of hydrogen-bond acceptors (Lipinski definition) is 6. The first-order valence-electron chi connectivity index (χ1n) is 11.7. The average molecular weight is 465 g/mol.